The first-order valence-electron chi connectivity index (χ1n) is 2.96. The molecule has 1 rings (SSSR count). The van der Waals surface area contributed by atoms with Gasteiger partial charge in [0.2, 0.25) is 0 Å². The Hall–Kier alpha value is -1.18. The first-order chi connectivity index (χ1) is 4.75. The maximum Gasteiger partial charge on any atom is 0.150 e. The smallest absolute Gasteiger partial charge is 0.150 e. The monoisotopic (exact) mass is 125 g/mol. The Bertz CT molecular complexity index is 260. The highest BCUT2D eigenvalue weighted by Gasteiger charge is 1.89. The van der Waals surface area contributed by atoms with Crippen LogP contribution in [0.2, 0.25) is 0 Å². The van der Waals surface area contributed by atoms with Crippen molar-refractivity contribution in [2.75, 3.05) is 0 Å². The molecule has 0 atom stereocenters. The number of aldehydes is 1. The van der Waals surface area contributed by atoms with Gasteiger partial charge in [-0.2, -0.15) is 0 Å². The third-order valence-electron chi connectivity index (χ3n) is 0.909. The van der Waals surface area contributed by atoms with Crippen LogP contribution in [0.5, 0.6) is 0 Å². The quantitative estimate of drug-likeness (QED) is 0.521. The van der Waals surface area contributed by atoms with Gasteiger partial charge in [0.15, 0.2) is 0 Å². The van der Waals surface area contributed by atoms with Gasteiger partial charge in [0.05, 0.1) is 1.37 Å². The summed E-state index contributed by atoms with van der Waals surface area (Å²) < 4.78 is 19.4. The molecule has 1 aromatic carbocycles. The molecule has 0 aliphatic rings. The van der Waals surface area contributed by atoms with Gasteiger partial charge in [0.25, 0.3) is 0 Å². The standard InChI is InChI=1S/C7H5FO/c8-7-3-1-2-6(4-7)5-9/h1-5H/i4D. The van der Waals surface area contributed by atoms with E-state index in [0.29, 0.717) is 6.29 Å². The average molecular weight is 125 g/mol. The Balaban J connectivity index is 3.27. The number of carbonyl (C=O) groups is 1. The van der Waals surface area contributed by atoms with Gasteiger partial charge < -0.3 is 0 Å². The molecule has 0 fully saturated rings. The molecular formula is C7H5FO. The normalized spacial score (nSPS) is 10.6. The number of rotatable bonds is 1. The summed E-state index contributed by atoms with van der Waals surface area (Å²) in [5, 5.41) is 0. The lowest BCUT2D eigenvalue weighted by Gasteiger charge is -1.86. The predicted octanol–water partition coefficient (Wildman–Crippen LogP) is 1.64. The maximum absolute atomic E-state index is 12.4. The molecular weight excluding hydrogens is 119 g/mol. The van der Waals surface area contributed by atoms with Gasteiger partial charge in [-0.3, -0.25) is 4.79 Å². The molecule has 0 aromatic heterocycles. The van der Waals surface area contributed by atoms with E-state index in [1.807, 2.05) is 0 Å². The zero-order valence-electron chi connectivity index (χ0n) is 5.60. The van der Waals surface area contributed by atoms with Crippen LogP contribution in [-0.2, 0) is 0 Å². The van der Waals surface area contributed by atoms with Crippen LogP contribution >= 0.6 is 0 Å². The molecule has 0 unspecified atom stereocenters. The van der Waals surface area contributed by atoms with E-state index < -0.39 is 5.82 Å². The lowest BCUT2D eigenvalue weighted by atomic mass is 10.2. The molecule has 0 saturated carbocycles. The Morgan fingerprint density at radius 1 is 1.67 bits per heavy atom. The van der Waals surface area contributed by atoms with Crippen molar-refractivity contribution < 1.29 is 10.6 Å². The van der Waals surface area contributed by atoms with E-state index in [1.165, 1.54) is 12.1 Å². The SMILES string of the molecule is [2H]c1c(F)cccc1C=O. The van der Waals surface area contributed by atoms with Gasteiger partial charge in [-0.05, 0) is 12.1 Å². The van der Waals surface area contributed by atoms with Crippen LogP contribution in [0.4, 0.5) is 4.39 Å². The van der Waals surface area contributed by atoms with Crippen molar-refractivity contribution in [3.8, 4) is 0 Å². The van der Waals surface area contributed by atoms with Crippen molar-refractivity contribution in [1.29, 1.82) is 0 Å². The van der Waals surface area contributed by atoms with Crippen LogP contribution in [0.15, 0.2) is 24.2 Å². The number of carbonyl (C=O) groups excluding carboxylic acids is 1. The van der Waals surface area contributed by atoms with Crippen LogP contribution in [-0.4, -0.2) is 6.29 Å². The molecule has 1 aromatic rings. The third kappa shape index (κ3) is 1.35. The van der Waals surface area contributed by atoms with Gasteiger partial charge in [-0.15, -0.1) is 0 Å². The van der Waals surface area contributed by atoms with Gasteiger partial charge in [0, 0.05) is 5.56 Å². The van der Waals surface area contributed by atoms with E-state index in [2.05, 4.69) is 0 Å². The first-order valence-corrected chi connectivity index (χ1v) is 2.46. The molecule has 0 radical (unpaired) electrons. The Kier molecular flexibility index (Phi) is 1.24. The van der Waals surface area contributed by atoms with Crippen LogP contribution in [0.1, 0.15) is 11.7 Å². The summed E-state index contributed by atoms with van der Waals surface area (Å²) in [6.45, 7) is 0. The highest BCUT2D eigenvalue weighted by Crippen LogP contribution is 1.99. The summed E-state index contributed by atoms with van der Waals surface area (Å²) in [6, 6.07) is 3.61. The third-order valence-corrected chi connectivity index (χ3v) is 0.909. The molecule has 0 heterocycles. The zero-order valence-corrected chi connectivity index (χ0v) is 4.60. The maximum atomic E-state index is 12.4. The molecule has 0 aliphatic heterocycles. The van der Waals surface area contributed by atoms with Gasteiger partial charge in [0.1, 0.15) is 12.1 Å². The van der Waals surface area contributed by atoms with E-state index in [0.717, 1.165) is 6.07 Å². The Morgan fingerprint density at radius 3 is 3.00 bits per heavy atom. The molecule has 0 amide bonds. The summed E-state index contributed by atoms with van der Waals surface area (Å²) >= 11 is 0. The highest BCUT2D eigenvalue weighted by atomic mass is 19.1. The van der Waals surface area contributed by atoms with E-state index in [4.69, 9.17) is 1.37 Å². The zero-order chi connectivity index (χ0) is 7.56. The van der Waals surface area contributed by atoms with E-state index in [1.54, 1.807) is 0 Å². The minimum atomic E-state index is -0.662. The average Bonchev–Trinajstić information content (AvgIpc) is 1.95. The number of benzene rings is 1. The molecule has 0 N–H and O–H groups in total. The number of hydrogen-bond acceptors (Lipinski definition) is 1. The Labute approximate surface area is 53.5 Å². The number of hydrogen-bond donors (Lipinski definition) is 0. The minimum absolute atomic E-state index is 0.0833. The molecule has 2 heteroatoms. The molecule has 0 spiro atoms. The lowest BCUT2D eigenvalue weighted by molar-refractivity contribution is 0.112. The molecule has 0 aliphatic carbocycles. The Morgan fingerprint density at radius 2 is 2.44 bits per heavy atom. The van der Waals surface area contributed by atoms with Crippen molar-refractivity contribution in [3.05, 3.63) is 35.6 Å². The van der Waals surface area contributed by atoms with Crippen molar-refractivity contribution in [2.45, 2.75) is 0 Å². The van der Waals surface area contributed by atoms with Gasteiger partial charge in [-0.25, -0.2) is 4.39 Å². The predicted molar refractivity (Wildman–Crippen MR) is 31.8 cm³/mol. The second-order valence-electron chi connectivity index (χ2n) is 1.57. The van der Waals surface area contributed by atoms with Crippen molar-refractivity contribution in [3.63, 3.8) is 0 Å². The lowest BCUT2D eigenvalue weighted by Crippen LogP contribution is -1.79. The second-order valence-corrected chi connectivity index (χ2v) is 1.57. The summed E-state index contributed by atoms with van der Waals surface area (Å²) in [5.41, 5.74) is 0.0833. The summed E-state index contributed by atoms with van der Waals surface area (Å²) in [4.78, 5) is 10.1. The molecule has 46 valence electrons. The van der Waals surface area contributed by atoms with Crippen molar-refractivity contribution in [2.24, 2.45) is 0 Å². The minimum Gasteiger partial charge on any atom is -0.298 e. The number of halogens is 1. The molecule has 9 heavy (non-hydrogen) atoms. The van der Waals surface area contributed by atoms with Crippen LogP contribution in [0.3, 0.4) is 0 Å². The van der Waals surface area contributed by atoms with Crippen molar-refractivity contribution >= 4 is 6.29 Å². The highest BCUT2D eigenvalue weighted by molar-refractivity contribution is 5.74. The van der Waals surface area contributed by atoms with Crippen LogP contribution in [0, 0.1) is 5.82 Å². The molecule has 1 nitrogen and oxygen atoms in total. The summed E-state index contributed by atoms with van der Waals surface area (Å²) in [7, 11) is 0. The molecule has 0 bridgehead atoms. The van der Waals surface area contributed by atoms with Crippen molar-refractivity contribution in [1.82, 2.24) is 0 Å². The van der Waals surface area contributed by atoms with E-state index in [9.17, 15) is 9.18 Å². The fourth-order valence-electron chi connectivity index (χ4n) is 0.526. The summed E-state index contributed by atoms with van der Waals surface area (Å²) in [5.74, 6) is -0.662. The fraction of sp³-hybridized carbons (Fsp3) is 0. The second kappa shape index (κ2) is 2.40. The van der Waals surface area contributed by atoms with Gasteiger partial charge >= 0.3 is 0 Å². The van der Waals surface area contributed by atoms with Gasteiger partial charge in [-0.1, -0.05) is 12.1 Å². The largest absolute Gasteiger partial charge is 0.298 e. The first kappa shape index (κ1) is 4.68. The van der Waals surface area contributed by atoms with Crippen LogP contribution < -0.4 is 0 Å². The topological polar surface area (TPSA) is 17.1 Å². The molecule has 0 saturated heterocycles. The fourth-order valence-corrected chi connectivity index (χ4v) is 0.526. The van der Waals surface area contributed by atoms with Crippen LogP contribution in [0.25, 0.3) is 0 Å². The summed E-state index contributed by atoms with van der Waals surface area (Å²) in [6.07, 6.45) is 0.464. The van der Waals surface area contributed by atoms with E-state index >= 15 is 0 Å². The van der Waals surface area contributed by atoms with E-state index in [-0.39, 0.29) is 11.6 Å².